The van der Waals surface area contributed by atoms with Crippen LogP contribution in [0.5, 0.6) is 0 Å². The molecule has 0 radical (unpaired) electrons. The van der Waals surface area contributed by atoms with Crippen LogP contribution >= 0.6 is 0 Å². The van der Waals surface area contributed by atoms with Gasteiger partial charge in [0.2, 0.25) is 0 Å². The lowest BCUT2D eigenvalue weighted by Gasteiger charge is -2.12. The lowest BCUT2D eigenvalue weighted by atomic mass is 10.2. The van der Waals surface area contributed by atoms with Crippen molar-refractivity contribution in [2.75, 3.05) is 16.6 Å². The van der Waals surface area contributed by atoms with Crippen LogP contribution in [0, 0.1) is 0 Å². The zero-order chi connectivity index (χ0) is 15.3. The smallest absolute Gasteiger partial charge is 0.281 e. The summed E-state index contributed by atoms with van der Waals surface area (Å²) in [6.07, 6.45) is 1.43. The number of anilines is 2. The number of sulfonamides is 1. The first-order valence-corrected chi connectivity index (χ1v) is 7.96. The minimum Gasteiger partial charge on any atom is -0.392 e. The fraction of sp³-hybridized carbons (Fsp3) is 0.214. The molecule has 0 unspecified atom stereocenters. The van der Waals surface area contributed by atoms with Gasteiger partial charge in [-0.2, -0.15) is 8.42 Å². The van der Waals surface area contributed by atoms with E-state index >= 15 is 0 Å². The van der Waals surface area contributed by atoms with E-state index in [1.807, 2.05) is 6.92 Å². The van der Waals surface area contributed by atoms with Gasteiger partial charge >= 0.3 is 0 Å². The summed E-state index contributed by atoms with van der Waals surface area (Å²) in [5, 5.41) is 11.9. The summed E-state index contributed by atoms with van der Waals surface area (Å²) in [6.45, 7) is 2.39. The Morgan fingerprint density at radius 1 is 1.19 bits per heavy atom. The number of rotatable bonds is 6. The third kappa shape index (κ3) is 3.71. The van der Waals surface area contributed by atoms with Gasteiger partial charge in [-0.15, -0.1) is 0 Å². The van der Waals surface area contributed by atoms with Crippen LogP contribution in [0.25, 0.3) is 0 Å². The second-order valence-electron chi connectivity index (χ2n) is 4.35. The molecule has 0 saturated heterocycles. The van der Waals surface area contributed by atoms with Crippen LogP contribution in [-0.4, -0.2) is 25.1 Å². The molecule has 1 heterocycles. The predicted molar refractivity (Wildman–Crippen MR) is 81.6 cm³/mol. The van der Waals surface area contributed by atoms with Gasteiger partial charge in [0.25, 0.3) is 10.0 Å². The zero-order valence-corrected chi connectivity index (χ0v) is 12.4. The van der Waals surface area contributed by atoms with E-state index in [4.69, 9.17) is 5.11 Å². The number of hydrogen-bond acceptors (Lipinski definition) is 5. The Labute approximate surface area is 123 Å². The fourth-order valence-electron chi connectivity index (χ4n) is 1.81. The molecule has 0 spiro atoms. The van der Waals surface area contributed by atoms with Crippen LogP contribution in [0.2, 0.25) is 0 Å². The van der Waals surface area contributed by atoms with Gasteiger partial charge in [0.05, 0.1) is 12.3 Å². The molecule has 0 saturated carbocycles. The molecule has 112 valence electrons. The minimum absolute atomic E-state index is 0.0434. The highest BCUT2D eigenvalue weighted by atomic mass is 32.2. The van der Waals surface area contributed by atoms with E-state index in [1.54, 1.807) is 36.4 Å². The second kappa shape index (κ2) is 6.55. The molecule has 6 nitrogen and oxygen atoms in total. The highest BCUT2D eigenvalue weighted by molar-refractivity contribution is 7.92. The van der Waals surface area contributed by atoms with Crippen molar-refractivity contribution in [3.05, 3.63) is 48.2 Å². The summed E-state index contributed by atoms with van der Waals surface area (Å²) >= 11 is 0. The Morgan fingerprint density at radius 2 is 1.90 bits per heavy atom. The molecule has 1 aromatic carbocycles. The maximum Gasteiger partial charge on any atom is 0.281 e. The van der Waals surface area contributed by atoms with Crippen LogP contribution in [0.4, 0.5) is 11.4 Å². The second-order valence-corrected chi connectivity index (χ2v) is 5.94. The van der Waals surface area contributed by atoms with Gasteiger partial charge in [0.1, 0.15) is 0 Å². The maximum atomic E-state index is 12.4. The van der Waals surface area contributed by atoms with E-state index in [9.17, 15) is 8.42 Å². The van der Waals surface area contributed by atoms with Gasteiger partial charge < -0.3 is 10.4 Å². The number of aromatic nitrogens is 1. The van der Waals surface area contributed by atoms with Gasteiger partial charge in [-0.3, -0.25) is 4.72 Å². The number of pyridine rings is 1. The molecule has 3 N–H and O–H groups in total. The molecule has 21 heavy (non-hydrogen) atoms. The predicted octanol–water partition coefficient (Wildman–Crippen LogP) is 1.81. The highest BCUT2D eigenvalue weighted by Gasteiger charge is 2.19. The molecule has 2 rings (SSSR count). The van der Waals surface area contributed by atoms with Crippen molar-refractivity contribution in [2.24, 2.45) is 0 Å². The van der Waals surface area contributed by atoms with E-state index < -0.39 is 10.0 Å². The summed E-state index contributed by atoms with van der Waals surface area (Å²) in [7, 11) is -3.77. The molecule has 0 atom stereocenters. The molecule has 0 aliphatic carbocycles. The van der Waals surface area contributed by atoms with Crippen LogP contribution in [0.15, 0.2) is 47.6 Å². The Bertz CT molecular complexity index is 700. The summed E-state index contributed by atoms with van der Waals surface area (Å²) in [6, 6.07) is 9.84. The molecule has 7 heteroatoms. The third-order valence-corrected chi connectivity index (χ3v) is 4.12. The van der Waals surface area contributed by atoms with Gasteiger partial charge in [-0.25, -0.2) is 4.98 Å². The van der Waals surface area contributed by atoms with Gasteiger partial charge in [0.15, 0.2) is 5.03 Å². The van der Waals surface area contributed by atoms with Crippen LogP contribution < -0.4 is 10.0 Å². The third-order valence-electron chi connectivity index (χ3n) is 2.78. The zero-order valence-electron chi connectivity index (χ0n) is 11.6. The average molecular weight is 307 g/mol. The van der Waals surface area contributed by atoms with Crippen molar-refractivity contribution in [2.45, 2.75) is 18.6 Å². The number of nitrogens with one attached hydrogen (secondary N) is 2. The summed E-state index contributed by atoms with van der Waals surface area (Å²) in [5.41, 5.74) is 1.59. The highest BCUT2D eigenvalue weighted by Crippen LogP contribution is 2.21. The molecular formula is C14H17N3O3S. The van der Waals surface area contributed by atoms with Crippen LogP contribution in [0.3, 0.4) is 0 Å². The molecule has 1 aromatic heterocycles. The number of benzene rings is 1. The topological polar surface area (TPSA) is 91.3 Å². The normalized spacial score (nSPS) is 11.1. The largest absolute Gasteiger partial charge is 0.392 e. The van der Waals surface area contributed by atoms with E-state index in [0.29, 0.717) is 23.5 Å². The summed E-state index contributed by atoms with van der Waals surface area (Å²) in [4.78, 5) is 3.95. The van der Waals surface area contributed by atoms with Crippen molar-refractivity contribution in [1.29, 1.82) is 0 Å². The number of nitrogens with zero attached hydrogens (tertiary/aromatic N) is 1. The van der Waals surface area contributed by atoms with Gasteiger partial charge in [0, 0.05) is 18.4 Å². The summed E-state index contributed by atoms with van der Waals surface area (Å²) in [5.74, 6) is 0. The molecule has 2 aromatic rings. The van der Waals surface area contributed by atoms with E-state index in [0.717, 1.165) is 0 Å². The van der Waals surface area contributed by atoms with Crippen molar-refractivity contribution in [3.8, 4) is 0 Å². The van der Waals surface area contributed by atoms with Crippen molar-refractivity contribution >= 4 is 21.4 Å². The first-order chi connectivity index (χ1) is 10.1. The first kappa shape index (κ1) is 15.3. The SMILES string of the molecule is CCNc1cccnc1S(=O)(=O)Nc1ccc(CO)cc1. The maximum absolute atomic E-state index is 12.4. The lowest BCUT2D eigenvalue weighted by Crippen LogP contribution is -2.17. The quantitative estimate of drug-likeness (QED) is 0.757. The monoisotopic (exact) mass is 307 g/mol. The van der Waals surface area contributed by atoms with Crippen LogP contribution in [0.1, 0.15) is 12.5 Å². The molecule has 0 aliphatic heterocycles. The van der Waals surface area contributed by atoms with E-state index in [2.05, 4.69) is 15.0 Å². The van der Waals surface area contributed by atoms with Crippen molar-refractivity contribution in [3.63, 3.8) is 0 Å². The molecule has 0 fully saturated rings. The Balaban J connectivity index is 2.29. The molecule has 0 bridgehead atoms. The molecule has 0 amide bonds. The molecular weight excluding hydrogens is 290 g/mol. The minimum atomic E-state index is -3.77. The van der Waals surface area contributed by atoms with Gasteiger partial charge in [-0.1, -0.05) is 12.1 Å². The number of hydrogen-bond donors (Lipinski definition) is 3. The number of aliphatic hydroxyl groups excluding tert-OH is 1. The molecule has 0 aliphatic rings. The Hall–Kier alpha value is -2.12. The summed E-state index contributed by atoms with van der Waals surface area (Å²) < 4.78 is 27.3. The number of aliphatic hydroxyl groups is 1. The standard InChI is InChI=1S/C14H17N3O3S/c1-2-15-13-4-3-9-16-14(13)21(19,20)17-12-7-5-11(10-18)6-8-12/h3-9,15,17-18H,2,10H2,1H3. The Kier molecular flexibility index (Phi) is 4.77. The lowest BCUT2D eigenvalue weighted by molar-refractivity contribution is 0.282. The van der Waals surface area contributed by atoms with E-state index in [1.165, 1.54) is 6.20 Å². The van der Waals surface area contributed by atoms with Gasteiger partial charge in [-0.05, 0) is 36.8 Å². The first-order valence-electron chi connectivity index (χ1n) is 6.48. The van der Waals surface area contributed by atoms with Crippen LogP contribution in [-0.2, 0) is 16.6 Å². The van der Waals surface area contributed by atoms with E-state index in [-0.39, 0.29) is 11.6 Å². The average Bonchev–Trinajstić information content (AvgIpc) is 2.48. The Morgan fingerprint density at radius 3 is 2.52 bits per heavy atom. The van der Waals surface area contributed by atoms with Crippen molar-refractivity contribution in [1.82, 2.24) is 4.98 Å². The van der Waals surface area contributed by atoms with Crippen molar-refractivity contribution < 1.29 is 13.5 Å². The fourth-order valence-corrected chi connectivity index (χ4v) is 2.98.